The average molecular weight is 153 g/mol. The molecule has 0 aliphatic heterocycles. The minimum absolute atomic E-state index is 0.843. The van der Waals surface area contributed by atoms with Crippen molar-refractivity contribution >= 4 is 18.3 Å². The monoisotopic (exact) mass is 153 g/mol. The molecule has 1 rings (SSSR count). The van der Waals surface area contributed by atoms with Crippen LogP contribution in [0.5, 0.6) is 0 Å². The first-order valence-electron chi connectivity index (χ1n) is 3.17. The van der Waals surface area contributed by atoms with Crippen molar-refractivity contribution in [3.05, 3.63) is 23.3 Å². The maximum absolute atomic E-state index is 5.66. The molecule has 0 heterocycles. The third kappa shape index (κ3) is 1.27. The second-order valence-electron chi connectivity index (χ2n) is 2.50. The molecule has 1 aromatic rings. The van der Waals surface area contributed by atoms with Gasteiger partial charge < -0.3 is 5.73 Å². The molecule has 0 radical (unpaired) electrons. The number of rotatable bonds is 0. The molecule has 0 fully saturated rings. The van der Waals surface area contributed by atoms with Gasteiger partial charge in [0.05, 0.1) is 0 Å². The summed E-state index contributed by atoms with van der Waals surface area (Å²) in [6.45, 7) is 3.98. The van der Waals surface area contributed by atoms with Crippen molar-refractivity contribution in [1.82, 2.24) is 0 Å². The van der Waals surface area contributed by atoms with Crippen LogP contribution >= 0.6 is 12.6 Å². The number of hydrogen-bond donors (Lipinski definition) is 2. The molecule has 54 valence electrons. The van der Waals surface area contributed by atoms with E-state index in [1.165, 1.54) is 0 Å². The van der Waals surface area contributed by atoms with Crippen LogP contribution in [0.15, 0.2) is 17.0 Å². The van der Waals surface area contributed by atoms with Crippen molar-refractivity contribution in [1.29, 1.82) is 0 Å². The molecule has 0 saturated heterocycles. The third-order valence-corrected chi connectivity index (χ3v) is 2.07. The number of nitrogen functional groups attached to an aromatic ring is 1. The summed E-state index contributed by atoms with van der Waals surface area (Å²) < 4.78 is 0. The van der Waals surface area contributed by atoms with Gasteiger partial charge in [-0.05, 0) is 37.1 Å². The third-order valence-electron chi connectivity index (χ3n) is 1.58. The Morgan fingerprint density at radius 3 is 2.30 bits per heavy atom. The molecule has 0 aromatic heterocycles. The van der Waals surface area contributed by atoms with Crippen LogP contribution in [0.1, 0.15) is 11.1 Å². The Kier molecular flexibility index (Phi) is 1.90. The van der Waals surface area contributed by atoms with Crippen molar-refractivity contribution in [3.63, 3.8) is 0 Å². The highest BCUT2D eigenvalue weighted by Gasteiger charge is 1.96. The largest absolute Gasteiger partial charge is 0.399 e. The van der Waals surface area contributed by atoms with Crippen LogP contribution in [0.3, 0.4) is 0 Å². The lowest BCUT2D eigenvalue weighted by Gasteiger charge is -2.03. The molecule has 0 amide bonds. The summed E-state index contributed by atoms with van der Waals surface area (Å²) in [5.74, 6) is 0. The summed E-state index contributed by atoms with van der Waals surface area (Å²) >= 11 is 4.26. The van der Waals surface area contributed by atoms with E-state index in [1.807, 2.05) is 26.0 Å². The molecule has 0 aliphatic carbocycles. The van der Waals surface area contributed by atoms with Crippen LogP contribution in [-0.4, -0.2) is 0 Å². The first-order valence-corrected chi connectivity index (χ1v) is 3.61. The molecule has 10 heavy (non-hydrogen) atoms. The molecule has 2 heteroatoms. The van der Waals surface area contributed by atoms with Gasteiger partial charge in [-0.2, -0.15) is 0 Å². The van der Waals surface area contributed by atoms with E-state index in [0.29, 0.717) is 0 Å². The highest BCUT2D eigenvalue weighted by molar-refractivity contribution is 7.80. The van der Waals surface area contributed by atoms with Crippen molar-refractivity contribution in [3.8, 4) is 0 Å². The quantitative estimate of drug-likeness (QED) is 0.433. The lowest BCUT2D eigenvalue weighted by Crippen LogP contribution is -1.90. The van der Waals surface area contributed by atoms with Gasteiger partial charge in [0, 0.05) is 10.6 Å². The molecule has 1 nitrogen and oxygen atoms in total. The summed E-state index contributed by atoms with van der Waals surface area (Å²) in [5, 5.41) is 0. The van der Waals surface area contributed by atoms with Gasteiger partial charge in [-0.25, -0.2) is 0 Å². The first-order chi connectivity index (χ1) is 4.61. The van der Waals surface area contributed by atoms with E-state index < -0.39 is 0 Å². The average Bonchev–Trinajstić information content (AvgIpc) is 1.84. The zero-order valence-corrected chi connectivity index (χ0v) is 7.07. The molecule has 0 spiro atoms. The second kappa shape index (κ2) is 2.54. The molecular weight excluding hydrogens is 142 g/mol. The van der Waals surface area contributed by atoms with Crippen LogP contribution in [0.25, 0.3) is 0 Å². The minimum atomic E-state index is 0.843. The second-order valence-corrected chi connectivity index (χ2v) is 2.98. The van der Waals surface area contributed by atoms with Crippen molar-refractivity contribution in [2.24, 2.45) is 0 Å². The van der Waals surface area contributed by atoms with Crippen LogP contribution in [-0.2, 0) is 0 Å². The molecule has 0 aliphatic rings. The molecular formula is C8H11NS. The van der Waals surface area contributed by atoms with Crippen LogP contribution in [0.4, 0.5) is 5.69 Å². The van der Waals surface area contributed by atoms with E-state index in [4.69, 9.17) is 5.73 Å². The number of benzene rings is 1. The number of thiol groups is 1. The Morgan fingerprint density at radius 1 is 1.20 bits per heavy atom. The molecule has 0 bridgehead atoms. The van der Waals surface area contributed by atoms with Crippen LogP contribution in [0, 0.1) is 13.8 Å². The predicted molar refractivity (Wildman–Crippen MR) is 47.6 cm³/mol. The van der Waals surface area contributed by atoms with E-state index in [1.54, 1.807) is 0 Å². The van der Waals surface area contributed by atoms with Crippen LogP contribution < -0.4 is 5.73 Å². The summed E-state index contributed by atoms with van der Waals surface area (Å²) in [5.41, 5.74) is 8.72. The highest BCUT2D eigenvalue weighted by atomic mass is 32.1. The van der Waals surface area contributed by atoms with Crippen molar-refractivity contribution in [2.45, 2.75) is 18.7 Å². The molecule has 0 unspecified atom stereocenters. The fourth-order valence-electron chi connectivity index (χ4n) is 0.823. The van der Waals surface area contributed by atoms with Crippen molar-refractivity contribution in [2.75, 3.05) is 5.73 Å². The zero-order valence-electron chi connectivity index (χ0n) is 6.18. The standard InChI is InChI=1S/C8H11NS/c1-5-4-8(10)6(2)3-7(5)9/h3-4,10H,9H2,1-2H3. The summed E-state index contributed by atoms with van der Waals surface area (Å²) in [4.78, 5) is 1.01. The number of anilines is 1. The molecule has 0 saturated carbocycles. The minimum Gasteiger partial charge on any atom is -0.399 e. The van der Waals surface area contributed by atoms with Gasteiger partial charge in [-0.1, -0.05) is 0 Å². The summed E-state index contributed by atoms with van der Waals surface area (Å²) in [6, 6.07) is 3.92. The molecule has 1 aromatic carbocycles. The smallest absolute Gasteiger partial charge is 0.0347 e. The van der Waals surface area contributed by atoms with E-state index in [-0.39, 0.29) is 0 Å². The lowest BCUT2D eigenvalue weighted by molar-refractivity contribution is 1.27. The SMILES string of the molecule is Cc1cc(S)c(C)cc1N. The highest BCUT2D eigenvalue weighted by Crippen LogP contribution is 2.19. The number of hydrogen-bond acceptors (Lipinski definition) is 2. The Morgan fingerprint density at radius 2 is 1.80 bits per heavy atom. The fraction of sp³-hybridized carbons (Fsp3) is 0.250. The predicted octanol–water partition coefficient (Wildman–Crippen LogP) is 2.17. The Bertz CT molecular complexity index is 205. The van der Waals surface area contributed by atoms with Gasteiger partial charge in [0.1, 0.15) is 0 Å². The Hall–Kier alpha value is -0.630. The van der Waals surface area contributed by atoms with E-state index >= 15 is 0 Å². The van der Waals surface area contributed by atoms with E-state index in [0.717, 1.165) is 21.7 Å². The van der Waals surface area contributed by atoms with Gasteiger partial charge in [-0.15, -0.1) is 12.6 Å². The fourth-order valence-corrected chi connectivity index (χ4v) is 1.08. The number of nitrogens with two attached hydrogens (primary N) is 1. The maximum Gasteiger partial charge on any atom is 0.0347 e. The molecule has 2 N–H and O–H groups in total. The van der Waals surface area contributed by atoms with E-state index in [2.05, 4.69) is 12.6 Å². The lowest BCUT2D eigenvalue weighted by atomic mass is 10.1. The van der Waals surface area contributed by atoms with Gasteiger partial charge in [0.15, 0.2) is 0 Å². The van der Waals surface area contributed by atoms with Crippen LogP contribution in [0.2, 0.25) is 0 Å². The Balaban J connectivity index is 3.28. The van der Waals surface area contributed by atoms with E-state index in [9.17, 15) is 0 Å². The van der Waals surface area contributed by atoms with Gasteiger partial charge in [0.25, 0.3) is 0 Å². The van der Waals surface area contributed by atoms with Gasteiger partial charge in [-0.3, -0.25) is 0 Å². The Labute approximate surface area is 66.7 Å². The summed E-state index contributed by atoms with van der Waals surface area (Å²) in [6.07, 6.45) is 0. The maximum atomic E-state index is 5.66. The van der Waals surface area contributed by atoms with Gasteiger partial charge >= 0.3 is 0 Å². The summed E-state index contributed by atoms with van der Waals surface area (Å²) in [7, 11) is 0. The van der Waals surface area contributed by atoms with Gasteiger partial charge in [0.2, 0.25) is 0 Å². The first kappa shape index (κ1) is 7.48. The number of aryl methyl sites for hydroxylation is 2. The zero-order chi connectivity index (χ0) is 7.72. The normalized spacial score (nSPS) is 9.90. The van der Waals surface area contributed by atoms with Crippen molar-refractivity contribution < 1.29 is 0 Å². The topological polar surface area (TPSA) is 26.0 Å². The molecule has 0 atom stereocenters.